The van der Waals surface area contributed by atoms with E-state index in [-0.39, 0.29) is 18.6 Å². The van der Waals surface area contributed by atoms with Crippen molar-refractivity contribution in [1.29, 1.82) is 0 Å². The summed E-state index contributed by atoms with van der Waals surface area (Å²) in [7, 11) is 0. The van der Waals surface area contributed by atoms with Gasteiger partial charge >= 0.3 is 0 Å². The molecule has 2 aliphatic heterocycles. The van der Waals surface area contributed by atoms with E-state index in [2.05, 4.69) is 6.92 Å². The maximum atomic E-state index is 12.3. The topological polar surface area (TPSA) is 49.8 Å². The molecule has 17 heavy (non-hydrogen) atoms. The second-order valence-corrected chi connectivity index (χ2v) is 5.36. The van der Waals surface area contributed by atoms with Crippen molar-refractivity contribution in [2.75, 3.05) is 26.3 Å². The number of aliphatic hydroxyl groups excluding tert-OH is 1. The zero-order chi connectivity index (χ0) is 12.3. The van der Waals surface area contributed by atoms with E-state index in [4.69, 9.17) is 9.84 Å². The van der Waals surface area contributed by atoms with Crippen molar-refractivity contribution in [3.05, 3.63) is 0 Å². The van der Waals surface area contributed by atoms with Crippen LogP contribution in [0.25, 0.3) is 0 Å². The van der Waals surface area contributed by atoms with Gasteiger partial charge < -0.3 is 14.7 Å². The quantitative estimate of drug-likeness (QED) is 0.803. The highest BCUT2D eigenvalue weighted by atomic mass is 16.5. The SMILES string of the molecule is CC1CCOC1C(=O)N1CCCC(CCO)C1. The Morgan fingerprint density at radius 3 is 2.94 bits per heavy atom. The first-order chi connectivity index (χ1) is 8.22. The molecule has 2 aliphatic rings. The number of aliphatic hydroxyl groups is 1. The van der Waals surface area contributed by atoms with Gasteiger partial charge in [0.25, 0.3) is 5.91 Å². The van der Waals surface area contributed by atoms with Crippen LogP contribution in [0.3, 0.4) is 0 Å². The molecule has 1 amide bonds. The molecule has 2 fully saturated rings. The molecule has 4 nitrogen and oxygen atoms in total. The molecule has 2 saturated heterocycles. The van der Waals surface area contributed by atoms with Crippen molar-refractivity contribution in [2.24, 2.45) is 11.8 Å². The van der Waals surface area contributed by atoms with Crippen molar-refractivity contribution in [3.63, 3.8) is 0 Å². The molecule has 0 aromatic rings. The number of nitrogens with zero attached hydrogens (tertiary/aromatic N) is 1. The summed E-state index contributed by atoms with van der Waals surface area (Å²) in [5.41, 5.74) is 0. The van der Waals surface area contributed by atoms with Crippen molar-refractivity contribution >= 4 is 5.91 Å². The van der Waals surface area contributed by atoms with Crippen LogP contribution in [0, 0.1) is 11.8 Å². The minimum Gasteiger partial charge on any atom is -0.396 e. The number of rotatable bonds is 3. The van der Waals surface area contributed by atoms with Gasteiger partial charge in [-0.25, -0.2) is 0 Å². The number of hydrogen-bond donors (Lipinski definition) is 1. The van der Waals surface area contributed by atoms with Crippen LogP contribution in [0.5, 0.6) is 0 Å². The molecule has 4 heteroatoms. The van der Waals surface area contributed by atoms with Gasteiger partial charge in [0.05, 0.1) is 0 Å². The van der Waals surface area contributed by atoms with Crippen LogP contribution in [0.1, 0.15) is 32.6 Å². The van der Waals surface area contributed by atoms with Crippen molar-refractivity contribution < 1.29 is 14.6 Å². The van der Waals surface area contributed by atoms with Crippen LogP contribution in [0.2, 0.25) is 0 Å². The van der Waals surface area contributed by atoms with Gasteiger partial charge in [-0.2, -0.15) is 0 Å². The third-order valence-corrected chi connectivity index (χ3v) is 4.00. The molecule has 3 unspecified atom stereocenters. The summed E-state index contributed by atoms with van der Waals surface area (Å²) < 4.78 is 5.53. The lowest BCUT2D eigenvalue weighted by Crippen LogP contribution is -2.46. The molecular weight excluding hydrogens is 218 g/mol. The summed E-state index contributed by atoms with van der Waals surface area (Å²) in [6.07, 6.45) is 3.76. The largest absolute Gasteiger partial charge is 0.396 e. The van der Waals surface area contributed by atoms with Gasteiger partial charge in [-0.3, -0.25) is 4.79 Å². The van der Waals surface area contributed by atoms with Crippen LogP contribution in [-0.4, -0.2) is 48.3 Å². The minimum atomic E-state index is -0.220. The van der Waals surface area contributed by atoms with Gasteiger partial charge in [0.1, 0.15) is 6.10 Å². The highest BCUT2D eigenvalue weighted by Crippen LogP contribution is 2.25. The van der Waals surface area contributed by atoms with Gasteiger partial charge in [-0.05, 0) is 37.5 Å². The average molecular weight is 241 g/mol. The molecule has 0 aromatic heterocycles. The smallest absolute Gasteiger partial charge is 0.251 e. The first-order valence-corrected chi connectivity index (χ1v) is 6.73. The Morgan fingerprint density at radius 2 is 2.29 bits per heavy atom. The summed E-state index contributed by atoms with van der Waals surface area (Å²) in [5, 5.41) is 8.97. The van der Waals surface area contributed by atoms with E-state index in [0.717, 1.165) is 38.8 Å². The molecule has 0 bridgehead atoms. The molecule has 98 valence electrons. The van der Waals surface area contributed by atoms with Crippen molar-refractivity contribution in [3.8, 4) is 0 Å². The number of ether oxygens (including phenoxy) is 1. The number of piperidine rings is 1. The Kier molecular flexibility index (Phi) is 4.40. The van der Waals surface area contributed by atoms with E-state index in [1.165, 1.54) is 0 Å². The molecular formula is C13H23NO3. The van der Waals surface area contributed by atoms with Gasteiger partial charge in [-0.1, -0.05) is 6.92 Å². The van der Waals surface area contributed by atoms with Crippen LogP contribution < -0.4 is 0 Å². The van der Waals surface area contributed by atoms with Crippen LogP contribution in [0.15, 0.2) is 0 Å². The van der Waals surface area contributed by atoms with Gasteiger partial charge in [0.2, 0.25) is 0 Å². The summed E-state index contributed by atoms with van der Waals surface area (Å²) >= 11 is 0. The van der Waals surface area contributed by atoms with E-state index < -0.39 is 0 Å². The van der Waals surface area contributed by atoms with Crippen molar-refractivity contribution in [1.82, 2.24) is 4.90 Å². The number of carbonyl (C=O) groups excluding carboxylic acids is 1. The van der Waals surface area contributed by atoms with Gasteiger partial charge in [0.15, 0.2) is 0 Å². The van der Waals surface area contributed by atoms with Gasteiger partial charge in [0, 0.05) is 26.3 Å². The van der Waals surface area contributed by atoms with E-state index >= 15 is 0 Å². The van der Waals surface area contributed by atoms with Crippen LogP contribution in [0.4, 0.5) is 0 Å². The maximum absolute atomic E-state index is 12.3. The lowest BCUT2D eigenvalue weighted by Gasteiger charge is -2.34. The molecule has 3 atom stereocenters. The summed E-state index contributed by atoms with van der Waals surface area (Å²) in [6.45, 7) is 4.68. The van der Waals surface area contributed by atoms with E-state index in [1.54, 1.807) is 0 Å². The molecule has 1 N–H and O–H groups in total. The second kappa shape index (κ2) is 5.83. The van der Waals surface area contributed by atoms with Gasteiger partial charge in [-0.15, -0.1) is 0 Å². The highest BCUT2D eigenvalue weighted by molar-refractivity contribution is 5.81. The zero-order valence-corrected chi connectivity index (χ0v) is 10.6. The minimum absolute atomic E-state index is 0.164. The third-order valence-electron chi connectivity index (χ3n) is 4.00. The lowest BCUT2D eigenvalue weighted by molar-refractivity contribution is -0.144. The normalized spacial score (nSPS) is 34.0. The molecule has 0 aliphatic carbocycles. The number of carbonyl (C=O) groups is 1. The van der Waals surface area contributed by atoms with E-state index in [1.807, 2.05) is 4.90 Å². The molecule has 2 heterocycles. The highest BCUT2D eigenvalue weighted by Gasteiger charge is 2.35. The fraction of sp³-hybridized carbons (Fsp3) is 0.923. The maximum Gasteiger partial charge on any atom is 0.251 e. The number of hydrogen-bond acceptors (Lipinski definition) is 3. The molecule has 0 radical (unpaired) electrons. The third kappa shape index (κ3) is 2.99. The fourth-order valence-electron chi connectivity index (χ4n) is 2.87. The fourth-order valence-corrected chi connectivity index (χ4v) is 2.87. The predicted molar refractivity (Wildman–Crippen MR) is 64.5 cm³/mol. The van der Waals surface area contributed by atoms with E-state index in [0.29, 0.717) is 18.4 Å². The Balaban J connectivity index is 1.90. The standard InChI is InChI=1S/C13H23NO3/c1-10-5-8-17-12(10)13(16)14-6-2-3-11(9-14)4-7-15/h10-12,15H,2-9H2,1H3. The average Bonchev–Trinajstić information content (AvgIpc) is 2.75. The second-order valence-electron chi connectivity index (χ2n) is 5.36. The summed E-state index contributed by atoms with van der Waals surface area (Å²) in [6, 6.07) is 0. The summed E-state index contributed by atoms with van der Waals surface area (Å²) in [5.74, 6) is 0.979. The predicted octanol–water partition coefficient (Wildman–Crippen LogP) is 1.03. The molecule has 0 aromatic carbocycles. The molecule has 0 spiro atoms. The van der Waals surface area contributed by atoms with E-state index in [9.17, 15) is 4.79 Å². The number of amides is 1. The van der Waals surface area contributed by atoms with Crippen LogP contribution >= 0.6 is 0 Å². The molecule has 0 saturated carbocycles. The first-order valence-electron chi connectivity index (χ1n) is 6.73. The number of likely N-dealkylation sites (tertiary alicyclic amines) is 1. The van der Waals surface area contributed by atoms with Crippen LogP contribution in [-0.2, 0) is 9.53 Å². The Labute approximate surface area is 103 Å². The lowest BCUT2D eigenvalue weighted by atomic mass is 9.94. The first kappa shape index (κ1) is 12.8. The Bertz CT molecular complexity index is 267. The Morgan fingerprint density at radius 1 is 1.47 bits per heavy atom. The van der Waals surface area contributed by atoms with Crippen molar-refractivity contribution in [2.45, 2.75) is 38.7 Å². The summed E-state index contributed by atoms with van der Waals surface area (Å²) in [4.78, 5) is 14.2. The monoisotopic (exact) mass is 241 g/mol. The zero-order valence-electron chi connectivity index (χ0n) is 10.6. The Hall–Kier alpha value is -0.610. The molecule has 2 rings (SSSR count).